The second-order valence-corrected chi connectivity index (χ2v) is 3.86. The van der Waals surface area contributed by atoms with Gasteiger partial charge in [-0.3, -0.25) is 4.79 Å². The van der Waals surface area contributed by atoms with Gasteiger partial charge in [-0.25, -0.2) is 0 Å². The van der Waals surface area contributed by atoms with E-state index < -0.39 is 5.66 Å². The van der Waals surface area contributed by atoms with Gasteiger partial charge in [-0.2, -0.15) is 0 Å². The number of nitrogens with two attached hydrogens (primary N) is 2. The van der Waals surface area contributed by atoms with E-state index in [1.807, 2.05) is 0 Å². The molecule has 70 valence electrons. The number of carbonyl (C=O) groups excluding carboxylic acids is 1. The fourth-order valence-corrected chi connectivity index (χ4v) is 1.92. The summed E-state index contributed by atoms with van der Waals surface area (Å²) < 4.78 is 0. The summed E-state index contributed by atoms with van der Waals surface area (Å²) in [5, 5.41) is 0. The Morgan fingerprint density at radius 1 is 1.58 bits per heavy atom. The van der Waals surface area contributed by atoms with Gasteiger partial charge < -0.3 is 11.5 Å². The number of ketones is 1. The van der Waals surface area contributed by atoms with E-state index in [0.717, 1.165) is 19.3 Å². The Labute approximate surface area is 73.5 Å². The van der Waals surface area contributed by atoms with Crippen LogP contribution in [0.2, 0.25) is 0 Å². The lowest BCUT2D eigenvalue weighted by molar-refractivity contribution is -0.127. The monoisotopic (exact) mass is 170 g/mol. The van der Waals surface area contributed by atoms with E-state index in [9.17, 15) is 4.79 Å². The number of Topliss-reactive ketones (excluding diaryl/α,β-unsaturated/α-hetero) is 1. The lowest BCUT2D eigenvalue weighted by Gasteiger charge is -2.33. The van der Waals surface area contributed by atoms with Crippen molar-refractivity contribution < 1.29 is 4.79 Å². The molecule has 0 aliphatic heterocycles. The Kier molecular flexibility index (Phi) is 2.85. The Morgan fingerprint density at radius 2 is 2.25 bits per heavy atom. The number of rotatable bonds is 2. The Hall–Kier alpha value is -0.410. The molecular weight excluding hydrogens is 152 g/mol. The normalized spacial score (nSPS) is 28.9. The molecule has 1 saturated carbocycles. The van der Waals surface area contributed by atoms with Crippen molar-refractivity contribution in [2.75, 3.05) is 0 Å². The molecule has 0 amide bonds. The molecule has 0 saturated heterocycles. The third kappa shape index (κ3) is 2.05. The summed E-state index contributed by atoms with van der Waals surface area (Å²) in [7, 11) is 0. The van der Waals surface area contributed by atoms with Crippen LogP contribution >= 0.6 is 0 Å². The van der Waals surface area contributed by atoms with Crippen molar-refractivity contribution in [2.24, 2.45) is 17.4 Å². The van der Waals surface area contributed by atoms with Crippen LogP contribution in [0.1, 0.15) is 39.0 Å². The molecule has 1 aliphatic rings. The zero-order valence-electron chi connectivity index (χ0n) is 7.68. The lowest BCUT2D eigenvalue weighted by Crippen LogP contribution is -2.59. The SMILES string of the molecule is CCCC1CCC(=O)C(N)(N)C1. The van der Waals surface area contributed by atoms with Crippen LogP contribution in [0.15, 0.2) is 0 Å². The van der Waals surface area contributed by atoms with Crippen molar-refractivity contribution in [3.8, 4) is 0 Å². The first-order chi connectivity index (χ1) is 5.56. The van der Waals surface area contributed by atoms with E-state index in [0.29, 0.717) is 18.8 Å². The van der Waals surface area contributed by atoms with Gasteiger partial charge in [0.2, 0.25) is 0 Å². The van der Waals surface area contributed by atoms with Crippen LogP contribution in [0.25, 0.3) is 0 Å². The summed E-state index contributed by atoms with van der Waals surface area (Å²) in [5.41, 5.74) is 10.3. The topological polar surface area (TPSA) is 69.1 Å². The molecule has 1 rings (SSSR count). The van der Waals surface area contributed by atoms with E-state index in [-0.39, 0.29) is 5.78 Å². The van der Waals surface area contributed by atoms with Crippen LogP contribution in [0.3, 0.4) is 0 Å². The van der Waals surface area contributed by atoms with Gasteiger partial charge in [0.05, 0.1) is 0 Å². The quantitative estimate of drug-likeness (QED) is 0.601. The highest BCUT2D eigenvalue weighted by Crippen LogP contribution is 2.28. The minimum Gasteiger partial charge on any atom is -0.307 e. The van der Waals surface area contributed by atoms with Crippen molar-refractivity contribution in [1.29, 1.82) is 0 Å². The molecule has 12 heavy (non-hydrogen) atoms. The lowest BCUT2D eigenvalue weighted by atomic mass is 9.79. The molecule has 0 heterocycles. The first-order valence-corrected chi connectivity index (χ1v) is 4.67. The molecule has 1 fully saturated rings. The van der Waals surface area contributed by atoms with Crippen molar-refractivity contribution in [2.45, 2.75) is 44.7 Å². The van der Waals surface area contributed by atoms with Gasteiger partial charge >= 0.3 is 0 Å². The Morgan fingerprint density at radius 3 is 2.75 bits per heavy atom. The van der Waals surface area contributed by atoms with Gasteiger partial charge in [0.15, 0.2) is 5.78 Å². The number of hydrogen-bond donors (Lipinski definition) is 2. The molecule has 3 nitrogen and oxygen atoms in total. The van der Waals surface area contributed by atoms with Crippen LogP contribution in [0.5, 0.6) is 0 Å². The average molecular weight is 170 g/mol. The standard InChI is InChI=1S/C9H18N2O/c1-2-3-7-4-5-8(12)9(10,11)6-7/h7H,2-6,10-11H2,1H3. The molecule has 0 aromatic carbocycles. The van der Waals surface area contributed by atoms with Crippen LogP contribution in [-0.4, -0.2) is 11.4 Å². The summed E-state index contributed by atoms with van der Waals surface area (Å²) in [6, 6.07) is 0. The average Bonchev–Trinajstić information content (AvgIpc) is 1.97. The van der Waals surface area contributed by atoms with Gasteiger partial charge in [0.25, 0.3) is 0 Å². The van der Waals surface area contributed by atoms with E-state index in [2.05, 4.69) is 6.92 Å². The molecule has 0 aromatic rings. The molecular formula is C9H18N2O. The van der Waals surface area contributed by atoms with Crippen molar-refractivity contribution in [1.82, 2.24) is 0 Å². The summed E-state index contributed by atoms with van der Waals surface area (Å²) in [6.07, 6.45) is 4.50. The van der Waals surface area contributed by atoms with Gasteiger partial charge in [-0.1, -0.05) is 19.8 Å². The second kappa shape index (κ2) is 3.54. The molecule has 0 radical (unpaired) electrons. The van der Waals surface area contributed by atoms with Crippen molar-refractivity contribution >= 4 is 5.78 Å². The summed E-state index contributed by atoms with van der Waals surface area (Å²) >= 11 is 0. The first kappa shape index (κ1) is 9.68. The zero-order valence-corrected chi connectivity index (χ0v) is 7.68. The van der Waals surface area contributed by atoms with Crippen molar-refractivity contribution in [3.05, 3.63) is 0 Å². The largest absolute Gasteiger partial charge is 0.307 e. The Balaban J connectivity index is 2.51. The summed E-state index contributed by atoms with van der Waals surface area (Å²) in [6.45, 7) is 2.14. The van der Waals surface area contributed by atoms with Crippen LogP contribution in [0.4, 0.5) is 0 Å². The highest BCUT2D eigenvalue weighted by Gasteiger charge is 2.35. The zero-order chi connectivity index (χ0) is 9.19. The smallest absolute Gasteiger partial charge is 0.167 e. The van der Waals surface area contributed by atoms with E-state index in [1.165, 1.54) is 0 Å². The number of hydrogen-bond acceptors (Lipinski definition) is 3. The third-order valence-corrected chi connectivity index (χ3v) is 2.62. The van der Waals surface area contributed by atoms with Gasteiger partial charge in [0, 0.05) is 6.42 Å². The minimum atomic E-state index is -1.03. The molecule has 0 spiro atoms. The molecule has 1 atom stereocenters. The van der Waals surface area contributed by atoms with Crippen molar-refractivity contribution in [3.63, 3.8) is 0 Å². The summed E-state index contributed by atoms with van der Waals surface area (Å²) in [5.74, 6) is 0.581. The van der Waals surface area contributed by atoms with Crippen LogP contribution in [-0.2, 0) is 4.79 Å². The molecule has 3 heteroatoms. The third-order valence-electron chi connectivity index (χ3n) is 2.62. The first-order valence-electron chi connectivity index (χ1n) is 4.67. The molecule has 4 N–H and O–H groups in total. The highest BCUT2D eigenvalue weighted by atomic mass is 16.1. The summed E-state index contributed by atoms with van der Waals surface area (Å²) in [4.78, 5) is 11.2. The predicted molar refractivity (Wildman–Crippen MR) is 48.4 cm³/mol. The maximum absolute atomic E-state index is 11.2. The van der Waals surface area contributed by atoms with E-state index in [1.54, 1.807) is 0 Å². The van der Waals surface area contributed by atoms with E-state index >= 15 is 0 Å². The van der Waals surface area contributed by atoms with Gasteiger partial charge in [-0.05, 0) is 18.8 Å². The molecule has 1 aliphatic carbocycles. The maximum Gasteiger partial charge on any atom is 0.167 e. The van der Waals surface area contributed by atoms with Crippen LogP contribution in [0, 0.1) is 5.92 Å². The second-order valence-electron chi connectivity index (χ2n) is 3.86. The van der Waals surface area contributed by atoms with E-state index in [4.69, 9.17) is 11.5 Å². The fraction of sp³-hybridized carbons (Fsp3) is 0.889. The van der Waals surface area contributed by atoms with Gasteiger partial charge in [-0.15, -0.1) is 0 Å². The molecule has 0 aromatic heterocycles. The predicted octanol–water partition coefficient (Wildman–Crippen LogP) is 0.769. The number of carbonyl (C=O) groups is 1. The molecule has 1 unspecified atom stereocenters. The Bertz CT molecular complexity index is 177. The fourth-order valence-electron chi connectivity index (χ4n) is 1.92. The maximum atomic E-state index is 11.2. The highest BCUT2D eigenvalue weighted by molar-refractivity contribution is 5.88. The van der Waals surface area contributed by atoms with Gasteiger partial charge in [0.1, 0.15) is 5.66 Å². The van der Waals surface area contributed by atoms with Crippen LogP contribution < -0.4 is 11.5 Å². The minimum absolute atomic E-state index is 0.0230. The molecule has 0 bridgehead atoms.